The van der Waals surface area contributed by atoms with E-state index in [4.69, 9.17) is 29.5 Å². The van der Waals surface area contributed by atoms with Gasteiger partial charge < -0.3 is 19.7 Å². The second kappa shape index (κ2) is 11.8. The number of likely N-dealkylation sites (tertiary alicyclic amines) is 1. The zero-order valence-electron chi connectivity index (χ0n) is 20.4. The quantitative estimate of drug-likeness (QED) is 0.430. The topological polar surface area (TPSA) is 109 Å². The van der Waals surface area contributed by atoms with Crippen LogP contribution in [0.2, 0.25) is 0 Å². The van der Waals surface area contributed by atoms with Gasteiger partial charge in [0.25, 0.3) is 6.47 Å². The number of piperidine rings is 1. The van der Waals surface area contributed by atoms with Crippen molar-refractivity contribution < 1.29 is 29.3 Å². The maximum Gasteiger partial charge on any atom is 0.341 e. The standard InChI is InChI=1S/C26H30N2O4S.CH2O2/c1-31-23-8-4-11-26(23)12-5-13-28(17-26)15-19-14-18(9-10-21(19)32-16-24(29)30)25-27-20-6-2-3-7-22(20)33-25;2-1-3/h2-3,6-7,9-10,14,23H,4-5,8,11-13,15-17H2,1H3,(H,29,30);1H,(H,2,3)/t23-,26-;/m1./s1. The van der Waals surface area contributed by atoms with E-state index in [9.17, 15) is 4.79 Å². The Morgan fingerprint density at radius 2 is 2.03 bits per heavy atom. The third-order valence-electron chi connectivity index (χ3n) is 7.14. The highest BCUT2D eigenvalue weighted by Crippen LogP contribution is 2.47. The van der Waals surface area contributed by atoms with E-state index in [0.717, 1.165) is 58.8 Å². The SMILES string of the molecule is CO[C@@H]1CCC[C@]12CCCN(Cc1cc(-c3nc4ccccc4s3)ccc1OCC(=O)O)C2.O=CO. The van der Waals surface area contributed by atoms with Gasteiger partial charge in [0.2, 0.25) is 0 Å². The molecule has 36 heavy (non-hydrogen) atoms. The van der Waals surface area contributed by atoms with Crippen LogP contribution >= 0.6 is 11.3 Å². The lowest BCUT2D eigenvalue weighted by Gasteiger charge is -2.43. The zero-order chi connectivity index (χ0) is 25.5. The van der Waals surface area contributed by atoms with Crippen molar-refractivity contribution in [3.05, 3.63) is 48.0 Å². The Kier molecular flexibility index (Phi) is 8.56. The smallest absolute Gasteiger partial charge is 0.341 e. The number of methoxy groups -OCH3 is 1. The Labute approximate surface area is 214 Å². The molecule has 3 aromatic rings. The number of benzene rings is 2. The molecular weight excluding hydrogens is 480 g/mol. The van der Waals surface area contributed by atoms with E-state index < -0.39 is 5.97 Å². The molecule has 2 heterocycles. The summed E-state index contributed by atoms with van der Waals surface area (Å²) >= 11 is 1.67. The predicted octanol–water partition coefficient (Wildman–Crippen LogP) is 4.91. The van der Waals surface area contributed by atoms with E-state index in [1.807, 2.05) is 37.4 Å². The van der Waals surface area contributed by atoms with Crippen LogP contribution in [-0.2, 0) is 20.9 Å². The number of carbonyl (C=O) groups is 2. The third kappa shape index (κ3) is 5.86. The minimum Gasteiger partial charge on any atom is -0.483 e. The van der Waals surface area contributed by atoms with Gasteiger partial charge in [-0.3, -0.25) is 9.69 Å². The molecule has 1 saturated carbocycles. The molecule has 2 fully saturated rings. The van der Waals surface area contributed by atoms with Gasteiger partial charge in [-0.05, 0) is 62.6 Å². The number of thiazole rings is 1. The molecular formula is C27H32N2O6S. The van der Waals surface area contributed by atoms with Gasteiger partial charge in [0.1, 0.15) is 10.8 Å². The van der Waals surface area contributed by atoms with E-state index in [0.29, 0.717) is 11.9 Å². The molecule has 2 aliphatic rings. The fourth-order valence-electron chi connectivity index (χ4n) is 5.69. The molecule has 0 unspecified atom stereocenters. The molecule has 1 saturated heterocycles. The third-order valence-corrected chi connectivity index (χ3v) is 8.23. The first-order chi connectivity index (χ1) is 17.5. The molecule has 1 aromatic heterocycles. The van der Waals surface area contributed by atoms with Crippen molar-refractivity contribution in [3.8, 4) is 16.3 Å². The number of carboxylic acid groups (broad SMARTS) is 2. The number of ether oxygens (including phenoxy) is 2. The van der Waals surface area contributed by atoms with Crippen LogP contribution in [0.15, 0.2) is 42.5 Å². The number of hydrogen-bond donors (Lipinski definition) is 2. The van der Waals surface area contributed by atoms with E-state index in [1.165, 1.54) is 19.3 Å². The number of aromatic nitrogens is 1. The molecule has 2 atom stereocenters. The monoisotopic (exact) mass is 512 g/mol. The van der Waals surface area contributed by atoms with Crippen molar-refractivity contribution in [3.63, 3.8) is 0 Å². The van der Waals surface area contributed by atoms with E-state index in [1.54, 1.807) is 11.3 Å². The lowest BCUT2D eigenvalue weighted by Crippen LogP contribution is -2.47. The van der Waals surface area contributed by atoms with Crippen LogP contribution in [0.5, 0.6) is 5.75 Å². The number of carboxylic acids is 1. The van der Waals surface area contributed by atoms with Crippen LogP contribution in [0, 0.1) is 5.41 Å². The molecule has 9 heteroatoms. The minimum absolute atomic E-state index is 0.236. The first kappa shape index (κ1) is 26.1. The van der Waals surface area contributed by atoms with Gasteiger partial charge in [-0.15, -0.1) is 11.3 Å². The highest BCUT2D eigenvalue weighted by Gasteiger charge is 2.45. The lowest BCUT2D eigenvalue weighted by molar-refractivity contribution is -0.139. The van der Waals surface area contributed by atoms with Crippen LogP contribution in [0.3, 0.4) is 0 Å². The fourth-order valence-corrected chi connectivity index (χ4v) is 6.65. The normalized spacial score (nSPS) is 21.8. The van der Waals surface area contributed by atoms with E-state index in [2.05, 4.69) is 17.0 Å². The predicted molar refractivity (Wildman–Crippen MR) is 138 cm³/mol. The van der Waals surface area contributed by atoms with Crippen LogP contribution in [0.1, 0.15) is 37.7 Å². The molecule has 5 rings (SSSR count). The highest BCUT2D eigenvalue weighted by atomic mass is 32.1. The van der Waals surface area contributed by atoms with Gasteiger partial charge in [0.05, 0.1) is 16.3 Å². The van der Waals surface area contributed by atoms with E-state index >= 15 is 0 Å². The molecule has 1 aliphatic carbocycles. The van der Waals surface area contributed by atoms with Gasteiger partial charge in [-0.1, -0.05) is 18.6 Å². The van der Waals surface area contributed by atoms with Crippen LogP contribution < -0.4 is 4.74 Å². The molecule has 1 spiro atoms. The van der Waals surface area contributed by atoms with Crippen LogP contribution in [0.25, 0.3) is 20.8 Å². The summed E-state index contributed by atoms with van der Waals surface area (Å²) in [7, 11) is 1.84. The number of aliphatic carboxylic acids is 1. The average molecular weight is 513 g/mol. The van der Waals surface area contributed by atoms with Crippen molar-refractivity contribution in [1.29, 1.82) is 0 Å². The highest BCUT2D eigenvalue weighted by molar-refractivity contribution is 7.21. The molecule has 2 N–H and O–H groups in total. The van der Waals surface area contributed by atoms with Gasteiger partial charge in [-0.2, -0.15) is 0 Å². The minimum atomic E-state index is -0.970. The van der Waals surface area contributed by atoms with Gasteiger partial charge in [0, 0.05) is 36.7 Å². The summed E-state index contributed by atoms with van der Waals surface area (Å²) in [6, 6.07) is 14.1. The maximum absolute atomic E-state index is 11.1. The summed E-state index contributed by atoms with van der Waals surface area (Å²) in [4.78, 5) is 26.8. The van der Waals surface area contributed by atoms with Crippen molar-refractivity contribution in [2.45, 2.75) is 44.8 Å². The Hall–Kier alpha value is -3.01. The molecule has 192 valence electrons. The van der Waals surface area contributed by atoms with Gasteiger partial charge in [-0.25, -0.2) is 9.78 Å². The number of fused-ring (bicyclic) bond motifs is 1. The van der Waals surface area contributed by atoms with Crippen molar-refractivity contribution in [2.24, 2.45) is 5.41 Å². The molecule has 1 aliphatic heterocycles. The fraction of sp³-hybridized carbons (Fsp3) is 0.444. The number of nitrogens with zero attached hydrogens (tertiary/aromatic N) is 2. The van der Waals surface area contributed by atoms with Crippen LogP contribution in [-0.4, -0.2) is 65.4 Å². The zero-order valence-corrected chi connectivity index (χ0v) is 21.2. The van der Waals surface area contributed by atoms with Crippen molar-refractivity contribution >= 4 is 34.0 Å². The molecule has 0 radical (unpaired) electrons. The number of para-hydroxylation sites is 1. The number of hydrogen-bond acceptors (Lipinski definition) is 7. The molecule has 0 bridgehead atoms. The Morgan fingerprint density at radius 3 is 2.78 bits per heavy atom. The summed E-state index contributed by atoms with van der Waals surface area (Å²) < 4.78 is 12.7. The van der Waals surface area contributed by atoms with E-state index in [-0.39, 0.29) is 18.5 Å². The summed E-state index contributed by atoms with van der Waals surface area (Å²) in [6.07, 6.45) is 6.29. The largest absolute Gasteiger partial charge is 0.483 e. The summed E-state index contributed by atoms with van der Waals surface area (Å²) in [5, 5.41) is 17.0. The first-order valence-electron chi connectivity index (χ1n) is 12.1. The second-order valence-electron chi connectivity index (χ2n) is 9.39. The molecule has 2 aromatic carbocycles. The maximum atomic E-state index is 11.1. The summed E-state index contributed by atoms with van der Waals surface area (Å²) in [5.74, 6) is -0.335. The van der Waals surface area contributed by atoms with Gasteiger partial charge >= 0.3 is 5.97 Å². The Morgan fingerprint density at radius 1 is 1.25 bits per heavy atom. The lowest BCUT2D eigenvalue weighted by atomic mass is 9.76. The van der Waals surface area contributed by atoms with Crippen LogP contribution in [0.4, 0.5) is 0 Å². The first-order valence-corrected chi connectivity index (χ1v) is 13.0. The molecule has 0 amide bonds. The van der Waals surface area contributed by atoms with Gasteiger partial charge in [0.15, 0.2) is 6.61 Å². The second-order valence-corrected chi connectivity index (χ2v) is 10.4. The Bertz CT molecular complexity index is 1160. The average Bonchev–Trinajstić information content (AvgIpc) is 3.47. The number of rotatable bonds is 7. The van der Waals surface area contributed by atoms with Crippen molar-refractivity contribution in [2.75, 3.05) is 26.8 Å². The summed E-state index contributed by atoms with van der Waals surface area (Å²) in [5.41, 5.74) is 3.28. The Balaban J connectivity index is 0.000000967. The summed E-state index contributed by atoms with van der Waals surface area (Å²) in [6.45, 7) is 2.17. The molecule has 8 nitrogen and oxygen atoms in total. The van der Waals surface area contributed by atoms with Crippen molar-refractivity contribution in [1.82, 2.24) is 9.88 Å².